The van der Waals surface area contributed by atoms with Crippen molar-refractivity contribution < 1.29 is 14.6 Å². The van der Waals surface area contributed by atoms with Crippen molar-refractivity contribution in [2.75, 3.05) is 33.4 Å². The lowest BCUT2D eigenvalue weighted by Crippen LogP contribution is -2.27. The van der Waals surface area contributed by atoms with Gasteiger partial charge in [0.15, 0.2) is 6.29 Å². The Kier molecular flexibility index (Phi) is 14.3. The first-order valence-electron chi connectivity index (χ1n) is 7.78. The van der Waals surface area contributed by atoms with E-state index in [-0.39, 0.29) is 7.43 Å². The van der Waals surface area contributed by atoms with Crippen LogP contribution in [0.15, 0.2) is 18.2 Å². The molecule has 4 heteroatoms. The van der Waals surface area contributed by atoms with Crippen LogP contribution >= 0.6 is 0 Å². The Bertz CT molecular complexity index is 379. The molecule has 0 aromatic heterocycles. The smallest absolute Gasteiger partial charge is 0.184 e. The number of aryl methyl sites for hydroxylation is 1. The van der Waals surface area contributed by atoms with E-state index in [2.05, 4.69) is 18.7 Å². The zero-order chi connectivity index (χ0) is 16.3. The van der Waals surface area contributed by atoms with Gasteiger partial charge in [-0.15, -0.1) is 0 Å². The molecule has 1 aromatic rings. The lowest BCUT2D eigenvalue weighted by molar-refractivity contribution is -0.107. The summed E-state index contributed by atoms with van der Waals surface area (Å²) in [5.74, 6) is 0.662. The van der Waals surface area contributed by atoms with Crippen LogP contribution in [0.1, 0.15) is 52.5 Å². The fourth-order valence-electron chi connectivity index (χ4n) is 1.95. The number of hydrogen-bond acceptors (Lipinski definition) is 4. The molecule has 0 spiro atoms. The molecule has 22 heavy (non-hydrogen) atoms. The van der Waals surface area contributed by atoms with Gasteiger partial charge in [0.25, 0.3) is 0 Å². The van der Waals surface area contributed by atoms with Crippen molar-refractivity contribution in [3.8, 4) is 5.75 Å². The van der Waals surface area contributed by atoms with Crippen LogP contribution in [0.4, 0.5) is 0 Å². The van der Waals surface area contributed by atoms with Crippen molar-refractivity contribution in [2.24, 2.45) is 0 Å². The number of aliphatic hydroxyl groups excluding tert-OH is 1. The maximum Gasteiger partial charge on any atom is 0.184 e. The van der Waals surface area contributed by atoms with E-state index in [1.54, 1.807) is 7.11 Å². The molecular formula is C18H35NO3. The molecule has 130 valence electrons. The van der Waals surface area contributed by atoms with Crippen molar-refractivity contribution in [1.29, 1.82) is 0 Å². The van der Waals surface area contributed by atoms with Crippen molar-refractivity contribution >= 4 is 0 Å². The third-order valence-electron chi connectivity index (χ3n) is 3.23. The molecular weight excluding hydrogens is 278 g/mol. The average Bonchev–Trinajstić information content (AvgIpc) is 2.53. The number of likely N-dealkylation sites (N-methyl/N-ethyl adjacent to an activating group) is 1. The first kappa shape index (κ1) is 23.2. The van der Waals surface area contributed by atoms with Gasteiger partial charge >= 0.3 is 0 Å². The van der Waals surface area contributed by atoms with Gasteiger partial charge in [-0.05, 0) is 37.7 Å². The monoisotopic (exact) mass is 313 g/mol. The van der Waals surface area contributed by atoms with E-state index in [1.165, 1.54) is 0 Å². The van der Waals surface area contributed by atoms with Gasteiger partial charge in [0.1, 0.15) is 5.75 Å². The number of nitrogens with zero attached hydrogens (tertiary/aromatic N) is 1. The molecule has 0 heterocycles. The largest absolute Gasteiger partial charge is 0.496 e. The molecule has 0 saturated heterocycles. The molecule has 1 unspecified atom stereocenters. The summed E-state index contributed by atoms with van der Waals surface area (Å²) >= 11 is 0. The van der Waals surface area contributed by atoms with Crippen LogP contribution in [0.5, 0.6) is 5.75 Å². The van der Waals surface area contributed by atoms with Crippen molar-refractivity contribution in [3.63, 3.8) is 0 Å². The highest BCUT2D eigenvalue weighted by atomic mass is 16.6. The first-order chi connectivity index (χ1) is 10.1. The van der Waals surface area contributed by atoms with E-state index in [4.69, 9.17) is 9.47 Å². The molecule has 0 aliphatic carbocycles. The molecule has 0 fully saturated rings. The quantitative estimate of drug-likeness (QED) is 0.736. The number of rotatable bonds is 8. The van der Waals surface area contributed by atoms with Crippen molar-refractivity contribution in [1.82, 2.24) is 4.90 Å². The third-order valence-corrected chi connectivity index (χ3v) is 3.23. The zero-order valence-electron chi connectivity index (χ0n) is 14.3. The highest BCUT2D eigenvalue weighted by Gasteiger charge is 2.14. The second kappa shape index (κ2) is 13.6. The van der Waals surface area contributed by atoms with Crippen LogP contribution in [0, 0.1) is 6.92 Å². The summed E-state index contributed by atoms with van der Waals surface area (Å²) in [6.07, 6.45) is -0.939. The third kappa shape index (κ3) is 7.78. The minimum absolute atomic E-state index is 0. The van der Waals surface area contributed by atoms with E-state index < -0.39 is 6.29 Å². The van der Waals surface area contributed by atoms with Gasteiger partial charge in [-0.1, -0.05) is 41.2 Å². The van der Waals surface area contributed by atoms with Gasteiger partial charge in [-0.25, -0.2) is 0 Å². The van der Waals surface area contributed by atoms with Crippen LogP contribution in [0.3, 0.4) is 0 Å². The molecule has 0 radical (unpaired) electrons. The molecule has 1 N–H and O–H groups in total. The lowest BCUT2D eigenvalue weighted by atomic mass is 10.1. The fourth-order valence-corrected chi connectivity index (χ4v) is 1.95. The highest BCUT2D eigenvalue weighted by molar-refractivity contribution is 5.37. The predicted molar refractivity (Wildman–Crippen MR) is 94.5 cm³/mol. The second-order valence-electron chi connectivity index (χ2n) is 4.50. The molecule has 0 amide bonds. The number of aliphatic hydroxyl groups is 1. The first-order valence-corrected chi connectivity index (χ1v) is 7.78. The van der Waals surface area contributed by atoms with Gasteiger partial charge < -0.3 is 19.5 Å². The zero-order valence-corrected chi connectivity index (χ0v) is 14.3. The van der Waals surface area contributed by atoms with E-state index in [1.807, 2.05) is 39.0 Å². The Morgan fingerprint density at radius 3 is 2.27 bits per heavy atom. The van der Waals surface area contributed by atoms with Crippen LogP contribution in [0.25, 0.3) is 0 Å². The Balaban J connectivity index is 0. The van der Waals surface area contributed by atoms with Crippen LogP contribution < -0.4 is 4.74 Å². The maximum absolute atomic E-state index is 10.1. The van der Waals surface area contributed by atoms with Crippen molar-refractivity contribution in [3.05, 3.63) is 29.3 Å². The van der Waals surface area contributed by atoms with E-state index >= 15 is 0 Å². The molecule has 0 aliphatic rings. The average molecular weight is 313 g/mol. The molecule has 0 saturated carbocycles. The van der Waals surface area contributed by atoms with Crippen LogP contribution in [-0.4, -0.2) is 43.4 Å². The number of hydrogen-bond donors (Lipinski definition) is 1. The minimum atomic E-state index is -0.939. The molecule has 1 rings (SSSR count). The summed E-state index contributed by atoms with van der Waals surface area (Å²) < 4.78 is 10.7. The Labute approximate surface area is 137 Å². The topological polar surface area (TPSA) is 41.9 Å². The van der Waals surface area contributed by atoms with Gasteiger partial charge in [0.2, 0.25) is 0 Å². The van der Waals surface area contributed by atoms with E-state index in [0.29, 0.717) is 17.9 Å². The van der Waals surface area contributed by atoms with Crippen LogP contribution in [0.2, 0.25) is 0 Å². The van der Waals surface area contributed by atoms with E-state index in [0.717, 1.165) is 25.2 Å². The molecule has 0 aliphatic heterocycles. The molecule has 1 atom stereocenters. The molecule has 4 nitrogen and oxygen atoms in total. The summed E-state index contributed by atoms with van der Waals surface area (Å²) in [6.45, 7) is 13.5. The van der Waals surface area contributed by atoms with Crippen molar-refractivity contribution in [2.45, 2.75) is 48.3 Å². The number of methoxy groups -OCH3 is 1. The Hall–Kier alpha value is -1.10. The predicted octanol–water partition coefficient (Wildman–Crippen LogP) is 4.02. The summed E-state index contributed by atoms with van der Waals surface area (Å²) in [6, 6.07) is 5.68. The van der Waals surface area contributed by atoms with Gasteiger partial charge in [-0.3, -0.25) is 0 Å². The summed E-state index contributed by atoms with van der Waals surface area (Å²) in [7, 11) is 1.60. The normalized spacial score (nSPS) is 11.3. The minimum Gasteiger partial charge on any atom is -0.496 e. The Morgan fingerprint density at radius 1 is 1.18 bits per heavy atom. The number of benzene rings is 1. The summed E-state index contributed by atoms with van der Waals surface area (Å²) in [4.78, 5) is 2.25. The van der Waals surface area contributed by atoms with E-state index in [9.17, 15) is 5.11 Å². The Morgan fingerprint density at radius 2 is 1.77 bits per heavy atom. The number of ether oxygens (including phenoxy) is 2. The van der Waals surface area contributed by atoms with Gasteiger partial charge in [-0.2, -0.15) is 0 Å². The standard InChI is InChI=1S/C15H25NO3.C2H6.CH4/c1-5-16(6-2)9-10-19-15(17)13-8-7-12(3)11-14(13)18-4;1-2;/h7-8,11,15,17H,5-6,9-10H2,1-4H3;1-2H3;1H4. The maximum atomic E-state index is 10.1. The summed E-state index contributed by atoms with van der Waals surface area (Å²) in [5, 5.41) is 10.1. The summed E-state index contributed by atoms with van der Waals surface area (Å²) in [5.41, 5.74) is 1.77. The SMILES string of the molecule is C.CC.CCN(CC)CCOC(O)c1ccc(C)cc1OC. The fraction of sp³-hybridized carbons (Fsp3) is 0.667. The molecule has 0 bridgehead atoms. The van der Waals surface area contributed by atoms with Crippen LogP contribution in [-0.2, 0) is 4.74 Å². The molecule has 1 aromatic carbocycles. The highest BCUT2D eigenvalue weighted by Crippen LogP contribution is 2.26. The van der Waals surface area contributed by atoms with Gasteiger partial charge in [0.05, 0.1) is 13.7 Å². The lowest BCUT2D eigenvalue weighted by Gasteiger charge is -2.20. The second-order valence-corrected chi connectivity index (χ2v) is 4.50. The van der Waals surface area contributed by atoms with Gasteiger partial charge in [0, 0.05) is 12.1 Å².